The molecule has 2 rings (SSSR count). The zero-order chi connectivity index (χ0) is 13.9. The minimum absolute atomic E-state index is 0.233. The maximum absolute atomic E-state index is 13.1. The number of ether oxygens (including phenoxy) is 1. The van der Waals surface area contributed by atoms with Crippen molar-refractivity contribution in [1.82, 2.24) is 0 Å². The summed E-state index contributed by atoms with van der Waals surface area (Å²) in [5.74, 6) is -0.233. The van der Waals surface area contributed by atoms with Crippen LogP contribution in [0.15, 0.2) is 18.2 Å². The van der Waals surface area contributed by atoms with Gasteiger partial charge in [-0.3, -0.25) is 0 Å². The average Bonchev–Trinajstić information content (AvgIpc) is 2.38. The molecular weight excluding hydrogens is 241 g/mol. The maximum Gasteiger partial charge on any atom is 0.123 e. The van der Waals surface area contributed by atoms with Gasteiger partial charge in [-0.2, -0.15) is 0 Å². The Morgan fingerprint density at radius 1 is 1.26 bits per heavy atom. The number of nitrogens with two attached hydrogens (primary N) is 1. The van der Waals surface area contributed by atoms with Crippen molar-refractivity contribution in [3.63, 3.8) is 0 Å². The zero-order valence-corrected chi connectivity index (χ0v) is 11.9. The molecule has 0 saturated heterocycles. The van der Waals surface area contributed by atoms with Crippen LogP contribution in [0.4, 0.5) is 4.39 Å². The average molecular weight is 265 g/mol. The first-order chi connectivity index (χ1) is 9.00. The summed E-state index contributed by atoms with van der Waals surface area (Å²) < 4.78 is 19.1. The normalized spacial score (nSPS) is 19.6. The SMILES string of the molecule is CC1(C)CCC(OCc2ccc(F)cc2CN)CC1. The van der Waals surface area contributed by atoms with Gasteiger partial charge >= 0.3 is 0 Å². The first-order valence-electron chi connectivity index (χ1n) is 7.09. The molecular formula is C16H24FNO. The van der Waals surface area contributed by atoms with Crippen molar-refractivity contribution < 1.29 is 9.13 Å². The molecule has 1 aliphatic rings. The van der Waals surface area contributed by atoms with E-state index < -0.39 is 0 Å². The van der Waals surface area contributed by atoms with Crippen LogP contribution in [-0.2, 0) is 17.9 Å². The third-order valence-electron chi connectivity index (χ3n) is 4.15. The highest BCUT2D eigenvalue weighted by Crippen LogP contribution is 2.36. The molecule has 1 aromatic carbocycles. The fraction of sp³-hybridized carbons (Fsp3) is 0.625. The number of benzene rings is 1. The van der Waals surface area contributed by atoms with Gasteiger partial charge in [-0.1, -0.05) is 19.9 Å². The van der Waals surface area contributed by atoms with Crippen LogP contribution in [0.25, 0.3) is 0 Å². The van der Waals surface area contributed by atoms with Crippen molar-refractivity contribution in [3.8, 4) is 0 Å². The van der Waals surface area contributed by atoms with Gasteiger partial charge in [0.25, 0.3) is 0 Å². The second kappa shape index (κ2) is 6.02. The van der Waals surface area contributed by atoms with Crippen LogP contribution < -0.4 is 5.73 Å². The van der Waals surface area contributed by atoms with Gasteiger partial charge in [-0.25, -0.2) is 4.39 Å². The summed E-state index contributed by atoms with van der Waals surface area (Å²) in [5.41, 5.74) is 7.95. The Kier molecular flexibility index (Phi) is 4.58. The van der Waals surface area contributed by atoms with Crippen molar-refractivity contribution >= 4 is 0 Å². The van der Waals surface area contributed by atoms with E-state index in [4.69, 9.17) is 10.5 Å². The molecule has 106 valence electrons. The summed E-state index contributed by atoms with van der Waals surface area (Å²) in [6.07, 6.45) is 5.00. The molecule has 1 saturated carbocycles. The van der Waals surface area contributed by atoms with Gasteiger partial charge < -0.3 is 10.5 Å². The lowest BCUT2D eigenvalue weighted by Crippen LogP contribution is -2.26. The van der Waals surface area contributed by atoms with E-state index in [2.05, 4.69) is 13.8 Å². The minimum Gasteiger partial charge on any atom is -0.374 e. The highest BCUT2D eigenvalue weighted by molar-refractivity contribution is 5.27. The monoisotopic (exact) mass is 265 g/mol. The summed E-state index contributed by atoms with van der Waals surface area (Å²) >= 11 is 0. The molecule has 1 fully saturated rings. The van der Waals surface area contributed by atoms with Crippen LogP contribution in [0.5, 0.6) is 0 Å². The molecule has 0 spiro atoms. The number of hydrogen-bond acceptors (Lipinski definition) is 2. The topological polar surface area (TPSA) is 35.2 Å². The van der Waals surface area contributed by atoms with Crippen LogP contribution in [0.3, 0.4) is 0 Å². The van der Waals surface area contributed by atoms with Crippen LogP contribution in [0.1, 0.15) is 50.7 Å². The summed E-state index contributed by atoms with van der Waals surface area (Å²) in [5, 5.41) is 0. The first kappa shape index (κ1) is 14.5. The van der Waals surface area contributed by atoms with E-state index in [0.29, 0.717) is 24.7 Å². The van der Waals surface area contributed by atoms with Gasteiger partial charge in [0.15, 0.2) is 0 Å². The molecule has 0 unspecified atom stereocenters. The van der Waals surface area contributed by atoms with Crippen molar-refractivity contribution in [3.05, 3.63) is 35.1 Å². The minimum atomic E-state index is -0.233. The summed E-state index contributed by atoms with van der Waals surface area (Å²) in [7, 11) is 0. The smallest absolute Gasteiger partial charge is 0.123 e. The van der Waals surface area contributed by atoms with Crippen LogP contribution in [0.2, 0.25) is 0 Å². The lowest BCUT2D eigenvalue weighted by molar-refractivity contribution is -0.00585. The molecule has 0 heterocycles. The van der Waals surface area contributed by atoms with Crippen molar-refractivity contribution in [2.75, 3.05) is 0 Å². The Morgan fingerprint density at radius 2 is 1.95 bits per heavy atom. The molecule has 0 atom stereocenters. The van der Waals surface area contributed by atoms with Gasteiger partial charge in [0.1, 0.15) is 5.82 Å². The van der Waals surface area contributed by atoms with Crippen molar-refractivity contribution in [1.29, 1.82) is 0 Å². The third-order valence-corrected chi connectivity index (χ3v) is 4.15. The molecule has 0 aliphatic heterocycles. The lowest BCUT2D eigenvalue weighted by Gasteiger charge is -2.34. The molecule has 0 aromatic heterocycles. The summed E-state index contributed by atoms with van der Waals surface area (Å²) in [6.45, 7) is 5.53. The summed E-state index contributed by atoms with van der Waals surface area (Å²) in [6, 6.07) is 4.76. The molecule has 3 heteroatoms. The zero-order valence-electron chi connectivity index (χ0n) is 11.9. The van der Waals surface area contributed by atoms with Gasteiger partial charge in [0.2, 0.25) is 0 Å². The molecule has 0 amide bonds. The maximum atomic E-state index is 13.1. The Balaban J connectivity index is 1.89. The standard InChI is InChI=1S/C16H24FNO/c1-16(2)7-5-15(6-8-16)19-11-12-3-4-14(17)9-13(12)10-18/h3-4,9,15H,5-8,10-11,18H2,1-2H3. The first-order valence-corrected chi connectivity index (χ1v) is 7.09. The number of hydrogen-bond donors (Lipinski definition) is 1. The van der Waals surface area contributed by atoms with E-state index in [-0.39, 0.29) is 5.82 Å². The fourth-order valence-corrected chi connectivity index (χ4v) is 2.67. The number of rotatable bonds is 4. The lowest BCUT2D eigenvalue weighted by atomic mass is 9.76. The predicted molar refractivity (Wildman–Crippen MR) is 75.1 cm³/mol. The van der Waals surface area contributed by atoms with E-state index >= 15 is 0 Å². The van der Waals surface area contributed by atoms with Crippen LogP contribution >= 0.6 is 0 Å². The quantitative estimate of drug-likeness (QED) is 0.899. The second-order valence-corrected chi connectivity index (χ2v) is 6.29. The molecule has 2 nitrogen and oxygen atoms in total. The molecule has 0 radical (unpaired) electrons. The van der Waals surface area contributed by atoms with Gasteiger partial charge in [0, 0.05) is 6.54 Å². The molecule has 19 heavy (non-hydrogen) atoms. The fourth-order valence-electron chi connectivity index (χ4n) is 2.67. The largest absolute Gasteiger partial charge is 0.374 e. The summed E-state index contributed by atoms with van der Waals surface area (Å²) in [4.78, 5) is 0. The van der Waals surface area contributed by atoms with E-state index in [9.17, 15) is 4.39 Å². The Labute approximate surface area is 115 Å². The van der Waals surface area contributed by atoms with Gasteiger partial charge in [-0.15, -0.1) is 0 Å². The predicted octanol–water partition coefficient (Wildman–Crippen LogP) is 3.77. The van der Waals surface area contributed by atoms with E-state index in [1.54, 1.807) is 6.07 Å². The van der Waals surface area contributed by atoms with E-state index in [1.165, 1.54) is 25.0 Å². The van der Waals surface area contributed by atoms with Crippen molar-refractivity contribution in [2.24, 2.45) is 11.1 Å². The Hall–Kier alpha value is -0.930. The highest BCUT2D eigenvalue weighted by Gasteiger charge is 2.27. The Bertz CT molecular complexity index is 421. The van der Waals surface area contributed by atoms with Crippen LogP contribution in [0, 0.1) is 11.2 Å². The molecule has 1 aromatic rings. The van der Waals surface area contributed by atoms with Gasteiger partial charge in [-0.05, 0) is 54.4 Å². The number of halogens is 1. The van der Waals surface area contributed by atoms with Crippen molar-refractivity contribution in [2.45, 2.75) is 58.8 Å². The van der Waals surface area contributed by atoms with Crippen LogP contribution in [-0.4, -0.2) is 6.10 Å². The van der Waals surface area contributed by atoms with E-state index in [1.807, 2.05) is 0 Å². The third kappa shape index (κ3) is 4.02. The van der Waals surface area contributed by atoms with Gasteiger partial charge in [0.05, 0.1) is 12.7 Å². The molecule has 2 N–H and O–H groups in total. The Morgan fingerprint density at radius 3 is 2.58 bits per heavy atom. The van der Waals surface area contributed by atoms with E-state index in [0.717, 1.165) is 24.0 Å². The molecule has 1 aliphatic carbocycles. The molecule has 0 bridgehead atoms. The highest BCUT2D eigenvalue weighted by atomic mass is 19.1. The second-order valence-electron chi connectivity index (χ2n) is 6.29.